The highest BCUT2D eigenvalue weighted by Crippen LogP contribution is 2.42. The molecule has 38 heavy (non-hydrogen) atoms. The molecule has 0 aliphatic carbocycles. The van der Waals surface area contributed by atoms with Crippen molar-refractivity contribution >= 4 is 5.78 Å². The Morgan fingerprint density at radius 2 is 1.66 bits per heavy atom. The van der Waals surface area contributed by atoms with E-state index in [1.807, 2.05) is 0 Å². The summed E-state index contributed by atoms with van der Waals surface area (Å²) < 4.78 is 27.4. The zero-order chi connectivity index (χ0) is 27.6. The third-order valence-electron chi connectivity index (χ3n) is 6.98. The molecule has 4 rings (SSSR count). The van der Waals surface area contributed by atoms with Gasteiger partial charge in [-0.2, -0.15) is 0 Å². The van der Waals surface area contributed by atoms with Gasteiger partial charge in [-0.3, -0.25) is 4.79 Å². The van der Waals surface area contributed by atoms with Crippen LogP contribution in [0.5, 0.6) is 23.0 Å². The molecule has 2 aromatic rings. The fourth-order valence-corrected chi connectivity index (χ4v) is 4.80. The second kappa shape index (κ2) is 11.8. The van der Waals surface area contributed by atoms with Gasteiger partial charge >= 0.3 is 0 Å². The van der Waals surface area contributed by atoms with Crippen LogP contribution >= 0.6 is 0 Å². The molecule has 0 bridgehead atoms. The SMILES string of the molecule is COc1cc([C@@H]2OC[C@@H](C(=O)c3ccc(O[C@@H]4O[C@H](CO)[C@@H](O)[C@H](O)[C@H]4O)c(OC)c3)[C@H]2CO)ccc1O. The second-order valence-electron chi connectivity index (χ2n) is 9.18. The number of carbonyl (C=O) groups is 1. The van der Waals surface area contributed by atoms with Gasteiger partial charge in [0.15, 0.2) is 28.8 Å². The minimum Gasteiger partial charge on any atom is -0.504 e. The van der Waals surface area contributed by atoms with Crippen LogP contribution in [0.3, 0.4) is 0 Å². The lowest BCUT2D eigenvalue weighted by Gasteiger charge is -2.39. The number of ether oxygens (including phenoxy) is 5. The third kappa shape index (κ3) is 5.29. The summed E-state index contributed by atoms with van der Waals surface area (Å²) in [5.74, 6) is -1.11. The van der Waals surface area contributed by atoms with Crippen LogP contribution in [-0.2, 0) is 9.47 Å². The average Bonchev–Trinajstić information content (AvgIpc) is 3.37. The summed E-state index contributed by atoms with van der Waals surface area (Å²) >= 11 is 0. The number of phenols is 1. The van der Waals surface area contributed by atoms with Gasteiger partial charge < -0.3 is 54.3 Å². The van der Waals surface area contributed by atoms with E-state index in [0.29, 0.717) is 5.56 Å². The van der Waals surface area contributed by atoms with Crippen LogP contribution in [0.1, 0.15) is 22.0 Å². The number of phenolic OH excluding ortho intramolecular Hbond substituents is 1. The molecule has 2 aliphatic rings. The Kier molecular flexibility index (Phi) is 8.73. The van der Waals surface area contributed by atoms with Gasteiger partial charge in [0.2, 0.25) is 6.29 Å². The zero-order valence-corrected chi connectivity index (χ0v) is 20.8. The molecular weight excluding hydrogens is 504 g/mol. The molecule has 12 heteroatoms. The van der Waals surface area contributed by atoms with E-state index in [1.54, 1.807) is 12.1 Å². The Hall–Kier alpha value is -2.97. The zero-order valence-electron chi connectivity index (χ0n) is 20.8. The van der Waals surface area contributed by atoms with Crippen molar-refractivity contribution in [1.29, 1.82) is 0 Å². The van der Waals surface area contributed by atoms with E-state index >= 15 is 0 Å². The van der Waals surface area contributed by atoms with E-state index in [0.717, 1.165) is 0 Å². The van der Waals surface area contributed by atoms with Gasteiger partial charge in [0.05, 0.1) is 39.5 Å². The molecule has 6 N–H and O–H groups in total. The predicted molar refractivity (Wildman–Crippen MR) is 129 cm³/mol. The van der Waals surface area contributed by atoms with E-state index in [2.05, 4.69) is 0 Å². The van der Waals surface area contributed by atoms with Gasteiger partial charge in [-0.15, -0.1) is 0 Å². The molecule has 2 fully saturated rings. The number of benzene rings is 2. The van der Waals surface area contributed by atoms with Crippen molar-refractivity contribution in [3.05, 3.63) is 47.5 Å². The standard InChI is InChI=1S/C26H32O12/c1-34-18-8-13(3-5-16(18)29)25-14(9-27)15(11-36-25)21(30)12-4-6-17(19(7-12)35-2)37-26-24(33)23(32)22(31)20(10-28)38-26/h3-8,14-15,20,22-29,31-33H,9-11H2,1-2H3/t14-,15-,20-,22-,23+,24-,25+,26-/m1/s1. The maximum atomic E-state index is 13.4. The summed E-state index contributed by atoms with van der Waals surface area (Å²) in [6.07, 6.45) is -7.93. The van der Waals surface area contributed by atoms with Gasteiger partial charge in [-0.25, -0.2) is 0 Å². The van der Waals surface area contributed by atoms with Gasteiger partial charge in [-0.05, 0) is 35.9 Å². The molecule has 2 aromatic carbocycles. The molecule has 208 valence electrons. The minimum atomic E-state index is -1.62. The Morgan fingerprint density at radius 3 is 2.32 bits per heavy atom. The smallest absolute Gasteiger partial charge is 0.229 e. The van der Waals surface area contributed by atoms with Crippen molar-refractivity contribution in [3.8, 4) is 23.0 Å². The normalized spacial score (nSPS) is 31.1. The van der Waals surface area contributed by atoms with Crippen LogP contribution in [0.2, 0.25) is 0 Å². The summed E-state index contributed by atoms with van der Waals surface area (Å²) in [5.41, 5.74) is 0.911. The summed E-state index contributed by atoms with van der Waals surface area (Å²) in [6.45, 7) is -0.869. The van der Waals surface area contributed by atoms with E-state index in [1.165, 1.54) is 38.5 Å². The number of aliphatic hydroxyl groups excluding tert-OH is 5. The summed E-state index contributed by atoms with van der Waals surface area (Å²) in [7, 11) is 2.77. The highest BCUT2D eigenvalue weighted by Gasteiger charge is 2.45. The van der Waals surface area contributed by atoms with Gasteiger partial charge in [0, 0.05) is 18.1 Å². The molecule has 8 atom stereocenters. The Balaban J connectivity index is 1.52. The Labute approximate surface area is 218 Å². The first-order valence-electron chi connectivity index (χ1n) is 12.0. The van der Waals surface area contributed by atoms with Gasteiger partial charge in [0.25, 0.3) is 0 Å². The van der Waals surface area contributed by atoms with Crippen molar-refractivity contribution in [1.82, 2.24) is 0 Å². The molecule has 0 unspecified atom stereocenters. The molecule has 0 saturated carbocycles. The molecule has 2 heterocycles. The molecule has 0 radical (unpaired) electrons. The first-order chi connectivity index (χ1) is 18.2. The monoisotopic (exact) mass is 536 g/mol. The number of aliphatic hydroxyl groups is 5. The Morgan fingerprint density at radius 1 is 0.921 bits per heavy atom. The molecule has 0 amide bonds. The van der Waals surface area contributed by atoms with Crippen LogP contribution in [0, 0.1) is 11.8 Å². The molecule has 0 aromatic heterocycles. The second-order valence-corrected chi connectivity index (χ2v) is 9.18. The van der Waals surface area contributed by atoms with Crippen LogP contribution in [-0.4, -0.2) is 101 Å². The number of Topliss-reactive ketones (excluding diaryl/α,β-unsaturated/α-hetero) is 1. The number of hydrogen-bond donors (Lipinski definition) is 6. The van der Waals surface area contributed by atoms with E-state index in [4.69, 9.17) is 23.7 Å². The van der Waals surface area contributed by atoms with Crippen molar-refractivity contribution in [2.45, 2.75) is 36.8 Å². The van der Waals surface area contributed by atoms with Crippen LogP contribution in [0.25, 0.3) is 0 Å². The maximum Gasteiger partial charge on any atom is 0.229 e. The number of ketones is 1. The van der Waals surface area contributed by atoms with Crippen LogP contribution in [0.4, 0.5) is 0 Å². The van der Waals surface area contributed by atoms with Crippen LogP contribution in [0.15, 0.2) is 36.4 Å². The van der Waals surface area contributed by atoms with Crippen molar-refractivity contribution in [3.63, 3.8) is 0 Å². The third-order valence-corrected chi connectivity index (χ3v) is 6.98. The molecule has 2 saturated heterocycles. The average molecular weight is 537 g/mol. The largest absolute Gasteiger partial charge is 0.504 e. The van der Waals surface area contributed by atoms with Crippen molar-refractivity contribution in [2.75, 3.05) is 34.0 Å². The van der Waals surface area contributed by atoms with Crippen molar-refractivity contribution in [2.24, 2.45) is 11.8 Å². The lowest BCUT2D eigenvalue weighted by Crippen LogP contribution is -2.60. The lowest BCUT2D eigenvalue weighted by atomic mass is 9.83. The highest BCUT2D eigenvalue weighted by molar-refractivity contribution is 5.99. The quantitative estimate of drug-likeness (QED) is 0.232. The lowest BCUT2D eigenvalue weighted by molar-refractivity contribution is -0.277. The molecular formula is C26H32O12. The summed E-state index contributed by atoms with van der Waals surface area (Å²) in [6, 6.07) is 9.05. The number of rotatable bonds is 9. The van der Waals surface area contributed by atoms with Gasteiger partial charge in [0.1, 0.15) is 24.4 Å². The first-order valence-corrected chi connectivity index (χ1v) is 12.0. The minimum absolute atomic E-state index is 0.0412. The fourth-order valence-electron chi connectivity index (χ4n) is 4.80. The number of hydrogen-bond acceptors (Lipinski definition) is 12. The summed E-state index contributed by atoms with van der Waals surface area (Å²) in [4.78, 5) is 13.4. The number of methoxy groups -OCH3 is 2. The molecule has 0 spiro atoms. The highest BCUT2D eigenvalue weighted by atomic mass is 16.7. The number of aromatic hydroxyl groups is 1. The van der Waals surface area contributed by atoms with E-state index in [-0.39, 0.29) is 47.6 Å². The topological polar surface area (TPSA) is 185 Å². The predicted octanol–water partition coefficient (Wildman–Crippen LogP) is -0.233. The Bertz CT molecular complexity index is 1120. The van der Waals surface area contributed by atoms with E-state index < -0.39 is 55.3 Å². The fraction of sp³-hybridized carbons (Fsp3) is 0.500. The molecule has 2 aliphatic heterocycles. The van der Waals surface area contributed by atoms with Crippen LogP contribution < -0.4 is 14.2 Å². The molecule has 12 nitrogen and oxygen atoms in total. The van der Waals surface area contributed by atoms with Crippen molar-refractivity contribution < 1.29 is 59.1 Å². The first kappa shape index (κ1) is 28.0. The van der Waals surface area contributed by atoms with E-state index in [9.17, 15) is 35.4 Å². The summed E-state index contributed by atoms with van der Waals surface area (Å²) in [5, 5.41) is 59.6. The maximum absolute atomic E-state index is 13.4. The number of carbonyl (C=O) groups excluding carboxylic acids is 1. The van der Waals surface area contributed by atoms with Gasteiger partial charge in [-0.1, -0.05) is 6.07 Å².